The van der Waals surface area contributed by atoms with E-state index in [1.807, 2.05) is 37.3 Å². The first-order valence-corrected chi connectivity index (χ1v) is 8.98. The Morgan fingerprint density at radius 2 is 2.00 bits per heavy atom. The molecule has 7 heteroatoms. The van der Waals surface area contributed by atoms with Crippen LogP contribution >= 0.6 is 0 Å². The van der Waals surface area contributed by atoms with Gasteiger partial charge in [0.15, 0.2) is 6.10 Å². The minimum absolute atomic E-state index is 0.172. The summed E-state index contributed by atoms with van der Waals surface area (Å²) in [6.07, 6.45) is 0.0535. The van der Waals surface area contributed by atoms with Crippen LogP contribution in [-0.4, -0.2) is 23.2 Å². The molecule has 0 saturated carbocycles. The standard InChI is InChI=1S/C21H22FN3O3/c1-14-8-9-17(22)12-16(14)13-23-18(26)10-11-19-24-25-21(28-19)20(27-2)15-6-4-3-5-7-15/h3-9,12,20H,10-11,13H2,1-2H3,(H,23,26)/t20-/m1/s1. The van der Waals surface area contributed by atoms with Gasteiger partial charge in [-0.15, -0.1) is 10.2 Å². The number of benzene rings is 2. The van der Waals surface area contributed by atoms with E-state index in [-0.39, 0.29) is 24.7 Å². The average molecular weight is 383 g/mol. The fourth-order valence-electron chi connectivity index (χ4n) is 2.81. The van der Waals surface area contributed by atoms with Gasteiger partial charge in [0.05, 0.1) is 0 Å². The van der Waals surface area contributed by atoms with Crippen molar-refractivity contribution in [2.45, 2.75) is 32.4 Å². The molecular formula is C21H22FN3O3. The van der Waals surface area contributed by atoms with Crippen LogP contribution in [0.15, 0.2) is 52.9 Å². The summed E-state index contributed by atoms with van der Waals surface area (Å²) in [5.41, 5.74) is 2.58. The van der Waals surface area contributed by atoms with Crippen LogP contribution in [0.1, 0.15) is 41.0 Å². The highest BCUT2D eigenvalue weighted by atomic mass is 19.1. The number of nitrogens with zero attached hydrogens (tertiary/aromatic N) is 2. The third kappa shape index (κ3) is 5.01. The van der Waals surface area contributed by atoms with Crippen LogP contribution in [-0.2, 0) is 22.5 Å². The van der Waals surface area contributed by atoms with Crippen LogP contribution in [0.3, 0.4) is 0 Å². The van der Waals surface area contributed by atoms with Gasteiger partial charge >= 0.3 is 0 Å². The molecule has 0 aliphatic heterocycles. The van der Waals surface area contributed by atoms with Crippen LogP contribution in [0, 0.1) is 12.7 Å². The molecule has 146 valence electrons. The van der Waals surface area contributed by atoms with Crippen molar-refractivity contribution in [2.75, 3.05) is 7.11 Å². The Hall–Kier alpha value is -3.06. The summed E-state index contributed by atoms with van der Waals surface area (Å²) < 4.78 is 24.4. The topological polar surface area (TPSA) is 77.2 Å². The molecule has 3 aromatic rings. The molecule has 0 spiro atoms. The minimum atomic E-state index is -0.452. The molecule has 6 nitrogen and oxygen atoms in total. The van der Waals surface area contributed by atoms with E-state index in [4.69, 9.17) is 9.15 Å². The first kappa shape index (κ1) is 19.7. The predicted molar refractivity (Wildman–Crippen MR) is 101 cm³/mol. The quantitative estimate of drug-likeness (QED) is 0.644. The highest BCUT2D eigenvalue weighted by Gasteiger charge is 2.20. The molecule has 1 heterocycles. The Balaban J connectivity index is 1.54. The molecule has 1 aromatic heterocycles. The highest BCUT2D eigenvalue weighted by Crippen LogP contribution is 2.24. The first-order chi connectivity index (χ1) is 13.6. The molecular weight excluding hydrogens is 361 g/mol. The molecule has 0 bridgehead atoms. The van der Waals surface area contributed by atoms with Crippen molar-refractivity contribution in [3.05, 3.63) is 82.8 Å². The number of hydrogen-bond acceptors (Lipinski definition) is 5. The zero-order chi connectivity index (χ0) is 19.9. The number of ether oxygens (including phenoxy) is 1. The number of halogens is 1. The monoisotopic (exact) mass is 383 g/mol. The number of aryl methyl sites for hydroxylation is 2. The number of methoxy groups -OCH3 is 1. The van der Waals surface area contributed by atoms with Gasteiger partial charge in [-0.1, -0.05) is 36.4 Å². The summed E-state index contributed by atoms with van der Waals surface area (Å²) in [4.78, 5) is 12.1. The number of aromatic nitrogens is 2. The van der Waals surface area contributed by atoms with Gasteiger partial charge in [0.2, 0.25) is 17.7 Å². The van der Waals surface area contributed by atoms with Gasteiger partial charge in [0.1, 0.15) is 5.82 Å². The zero-order valence-electron chi connectivity index (χ0n) is 15.8. The van der Waals surface area contributed by atoms with Crippen molar-refractivity contribution in [3.63, 3.8) is 0 Å². The number of hydrogen-bond donors (Lipinski definition) is 1. The largest absolute Gasteiger partial charge is 0.422 e. The molecule has 2 aromatic carbocycles. The SMILES string of the molecule is CO[C@H](c1ccccc1)c1nnc(CCC(=O)NCc2cc(F)ccc2C)o1. The van der Waals surface area contributed by atoms with Crippen molar-refractivity contribution in [2.24, 2.45) is 0 Å². The zero-order valence-corrected chi connectivity index (χ0v) is 15.8. The minimum Gasteiger partial charge on any atom is -0.422 e. The number of amides is 1. The molecule has 1 atom stereocenters. The summed E-state index contributed by atoms with van der Waals surface area (Å²) in [7, 11) is 1.57. The molecule has 28 heavy (non-hydrogen) atoms. The van der Waals surface area contributed by atoms with Gasteiger partial charge in [-0.25, -0.2) is 4.39 Å². The summed E-state index contributed by atoms with van der Waals surface area (Å²) in [5.74, 6) is 0.221. The van der Waals surface area contributed by atoms with Crippen molar-refractivity contribution >= 4 is 5.91 Å². The lowest BCUT2D eigenvalue weighted by Crippen LogP contribution is -2.23. The van der Waals surface area contributed by atoms with E-state index in [9.17, 15) is 9.18 Å². The van der Waals surface area contributed by atoms with Crippen molar-refractivity contribution < 1.29 is 18.3 Å². The average Bonchev–Trinajstić information content (AvgIpc) is 3.17. The number of carbonyl (C=O) groups excluding carboxylic acids is 1. The Labute approximate surface area is 162 Å². The van der Waals surface area contributed by atoms with Gasteiger partial charge in [-0.3, -0.25) is 4.79 Å². The number of nitrogens with one attached hydrogen (secondary N) is 1. The molecule has 0 saturated heterocycles. The Kier molecular flexibility index (Phi) is 6.49. The molecule has 0 unspecified atom stereocenters. The third-order valence-electron chi connectivity index (χ3n) is 4.40. The summed E-state index contributed by atoms with van der Waals surface area (Å²) in [5, 5.41) is 10.8. The molecule has 1 N–H and O–H groups in total. The van der Waals surface area contributed by atoms with Gasteiger partial charge in [-0.2, -0.15) is 0 Å². The smallest absolute Gasteiger partial charge is 0.249 e. The van der Waals surface area contributed by atoms with E-state index in [1.54, 1.807) is 13.2 Å². The van der Waals surface area contributed by atoms with Crippen molar-refractivity contribution in [1.29, 1.82) is 0 Å². The number of carbonyl (C=O) groups is 1. The van der Waals surface area contributed by atoms with Gasteiger partial charge in [-0.05, 0) is 35.7 Å². The van der Waals surface area contributed by atoms with Crippen LogP contribution in [0.25, 0.3) is 0 Å². The summed E-state index contributed by atoms with van der Waals surface area (Å²) in [6.45, 7) is 2.15. The van der Waals surface area contributed by atoms with Crippen LogP contribution in [0.4, 0.5) is 4.39 Å². The lowest BCUT2D eigenvalue weighted by Gasteiger charge is -2.10. The lowest BCUT2D eigenvalue weighted by atomic mass is 10.1. The Morgan fingerprint density at radius 3 is 2.75 bits per heavy atom. The molecule has 0 fully saturated rings. The highest BCUT2D eigenvalue weighted by molar-refractivity contribution is 5.76. The van der Waals surface area contributed by atoms with Crippen molar-refractivity contribution in [1.82, 2.24) is 15.5 Å². The normalized spacial score (nSPS) is 12.0. The molecule has 1 amide bonds. The van der Waals surface area contributed by atoms with E-state index in [0.717, 1.165) is 16.7 Å². The van der Waals surface area contributed by atoms with E-state index in [1.165, 1.54) is 12.1 Å². The van der Waals surface area contributed by atoms with Crippen LogP contribution in [0.2, 0.25) is 0 Å². The molecule has 3 rings (SSSR count). The number of rotatable bonds is 8. The van der Waals surface area contributed by atoms with E-state index < -0.39 is 6.10 Å². The second kappa shape index (κ2) is 9.23. The molecule has 0 radical (unpaired) electrons. The van der Waals surface area contributed by atoms with E-state index in [0.29, 0.717) is 18.2 Å². The van der Waals surface area contributed by atoms with E-state index in [2.05, 4.69) is 15.5 Å². The molecule has 0 aliphatic carbocycles. The van der Waals surface area contributed by atoms with Gasteiger partial charge in [0, 0.05) is 26.5 Å². The van der Waals surface area contributed by atoms with Crippen LogP contribution < -0.4 is 5.32 Å². The molecule has 0 aliphatic rings. The maximum absolute atomic E-state index is 13.3. The second-order valence-corrected chi connectivity index (χ2v) is 6.41. The summed E-state index contributed by atoms with van der Waals surface area (Å²) >= 11 is 0. The fourth-order valence-corrected chi connectivity index (χ4v) is 2.81. The van der Waals surface area contributed by atoms with Gasteiger partial charge < -0.3 is 14.5 Å². The van der Waals surface area contributed by atoms with E-state index >= 15 is 0 Å². The lowest BCUT2D eigenvalue weighted by molar-refractivity contribution is -0.121. The Bertz CT molecular complexity index is 928. The second-order valence-electron chi connectivity index (χ2n) is 6.41. The maximum Gasteiger partial charge on any atom is 0.249 e. The Morgan fingerprint density at radius 1 is 1.21 bits per heavy atom. The van der Waals surface area contributed by atoms with Crippen molar-refractivity contribution in [3.8, 4) is 0 Å². The summed E-state index contributed by atoms with van der Waals surface area (Å²) in [6, 6.07) is 14.1. The van der Waals surface area contributed by atoms with Gasteiger partial charge in [0.25, 0.3) is 0 Å². The fraction of sp³-hybridized carbons (Fsp3) is 0.286. The third-order valence-corrected chi connectivity index (χ3v) is 4.40. The first-order valence-electron chi connectivity index (χ1n) is 8.98. The maximum atomic E-state index is 13.3. The van der Waals surface area contributed by atoms with Crippen LogP contribution in [0.5, 0.6) is 0 Å². The predicted octanol–water partition coefficient (Wildman–Crippen LogP) is 3.50.